The number of amidine groups is 1. The van der Waals surface area contributed by atoms with Crippen molar-refractivity contribution in [2.24, 2.45) is 10.8 Å². The van der Waals surface area contributed by atoms with Gasteiger partial charge in [-0.1, -0.05) is 41.9 Å². The van der Waals surface area contributed by atoms with Crippen LogP contribution in [0.25, 0.3) is 0 Å². The zero-order valence-electron chi connectivity index (χ0n) is 10.9. The molecule has 0 amide bonds. The van der Waals surface area contributed by atoms with Crippen LogP contribution in [0.2, 0.25) is 5.02 Å². The van der Waals surface area contributed by atoms with Crippen LogP contribution in [-0.2, 0) is 5.72 Å². The Labute approximate surface area is 122 Å². The predicted octanol–water partition coefficient (Wildman–Crippen LogP) is 2.77. The van der Waals surface area contributed by atoms with Crippen molar-refractivity contribution in [2.75, 3.05) is 0 Å². The summed E-state index contributed by atoms with van der Waals surface area (Å²) >= 11 is 6.06. The molecular formula is C15H14ClN3O. The second kappa shape index (κ2) is 4.59. The van der Waals surface area contributed by atoms with E-state index in [4.69, 9.17) is 17.4 Å². The van der Waals surface area contributed by atoms with Gasteiger partial charge in [0.2, 0.25) is 5.72 Å². The van der Waals surface area contributed by atoms with E-state index in [0.717, 1.165) is 0 Å². The van der Waals surface area contributed by atoms with Gasteiger partial charge in [-0.25, -0.2) is 10.8 Å². The number of benzene rings is 2. The van der Waals surface area contributed by atoms with E-state index in [2.05, 4.69) is 4.99 Å². The fourth-order valence-electron chi connectivity index (χ4n) is 2.44. The molecule has 1 heterocycles. The Morgan fingerprint density at radius 3 is 2.60 bits per heavy atom. The van der Waals surface area contributed by atoms with Crippen molar-refractivity contribution in [2.45, 2.75) is 12.6 Å². The zero-order valence-corrected chi connectivity index (χ0v) is 11.7. The van der Waals surface area contributed by atoms with Gasteiger partial charge in [0, 0.05) is 16.1 Å². The maximum absolute atomic E-state index is 11.2. The first-order valence-electron chi connectivity index (χ1n) is 6.21. The highest BCUT2D eigenvalue weighted by atomic mass is 35.5. The largest absolute Gasteiger partial charge is 0.362 e. The lowest BCUT2D eigenvalue weighted by atomic mass is 9.91. The molecule has 20 heavy (non-hydrogen) atoms. The molecule has 102 valence electrons. The summed E-state index contributed by atoms with van der Waals surface area (Å²) in [5, 5.41) is 13.0. The Morgan fingerprint density at radius 2 is 1.90 bits per heavy atom. The van der Waals surface area contributed by atoms with Gasteiger partial charge in [-0.2, -0.15) is 0 Å². The molecule has 0 aliphatic carbocycles. The van der Waals surface area contributed by atoms with Crippen LogP contribution in [-0.4, -0.2) is 16.0 Å². The fraction of sp³-hybridized carbons (Fsp3) is 0.133. The highest BCUT2D eigenvalue weighted by molar-refractivity contribution is 6.30. The van der Waals surface area contributed by atoms with E-state index in [9.17, 15) is 5.11 Å². The van der Waals surface area contributed by atoms with Crippen LogP contribution in [0.1, 0.15) is 18.1 Å². The minimum atomic E-state index is -1.48. The molecule has 0 spiro atoms. The van der Waals surface area contributed by atoms with Crippen molar-refractivity contribution in [3.63, 3.8) is 0 Å². The maximum atomic E-state index is 11.2. The van der Waals surface area contributed by atoms with E-state index >= 15 is 0 Å². The molecule has 0 saturated carbocycles. The number of hydrazine groups is 1. The lowest BCUT2D eigenvalue weighted by Crippen LogP contribution is -2.55. The third kappa shape index (κ3) is 1.81. The topological polar surface area (TPSA) is 61.9 Å². The lowest BCUT2D eigenvalue weighted by Gasteiger charge is -2.41. The lowest BCUT2D eigenvalue weighted by molar-refractivity contribution is -0.0411. The van der Waals surface area contributed by atoms with Crippen molar-refractivity contribution in [1.82, 2.24) is 5.01 Å². The Balaban J connectivity index is 2.30. The van der Waals surface area contributed by atoms with Crippen LogP contribution >= 0.6 is 11.6 Å². The summed E-state index contributed by atoms with van der Waals surface area (Å²) < 4.78 is 0. The molecule has 3 N–H and O–H groups in total. The Kier molecular flexibility index (Phi) is 3.01. The molecule has 2 aromatic carbocycles. The van der Waals surface area contributed by atoms with Gasteiger partial charge >= 0.3 is 0 Å². The minimum Gasteiger partial charge on any atom is -0.362 e. The molecule has 5 heteroatoms. The normalized spacial score (nSPS) is 21.4. The zero-order chi connectivity index (χ0) is 14.3. The molecule has 3 rings (SSSR count). The van der Waals surface area contributed by atoms with Crippen molar-refractivity contribution in [1.29, 1.82) is 0 Å². The molecule has 1 atom stereocenters. The minimum absolute atomic E-state index is 0.529. The molecule has 0 fully saturated rings. The first-order valence-corrected chi connectivity index (χ1v) is 6.59. The van der Waals surface area contributed by atoms with E-state index < -0.39 is 5.72 Å². The van der Waals surface area contributed by atoms with Crippen molar-refractivity contribution < 1.29 is 5.11 Å². The second-order valence-corrected chi connectivity index (χ2v) is 5.17. The molecule has 0 aromatic heterocycles. The number of hydrogen-bond donors (Lipinski definition) is 2. The Bertz CT molecular complexity index is 687. The highest BCUT2D eigenvalue weighted by Crippen LogP contribution is 2.41. The number of aliphatic imine (C=N–C) groups is 1. The Morgan fingerprint density at radius 1 is 1.20 bits per heavy atom. The summed E-state index contributed by atoms with van der Waals surface area (Å²) in [6.45, 7) is 1.76. The molecule has 0 saturated heterocycles. The molecule has 2 aromatic rings. The fourth-order valence-corrected chi connectivity index (χ4v) is 2.61. The second-order valence-electron chi connectivity index (χ2n) is 4.73. The number of hydrogen-bond acceptors (Lipinski definition) is 4. The SMILES string of the molecule is CC1=Nc2ccc(Cl)cc2[C@@](O)(c2ccccc2)N1N. The van der Waals surface area contributed by atoms with Gasteiger partial charge in [0.05, 0.1) is 5.69 Å². The molecule has 0 unspecified atom stereocenters. The van der Waals surface area contributed by atoms with E-state index in [-0.39, 0.29) is 0 Å². The number of halogens is 1. The molecule has 0 bridgehead atoms. The van der Waals surface area contributed by atoms with Gasteiger partial charge < -0.3 is 5.11 Å². The van der Waals surface area contributed by atoms with Crippen LogP contribution in [0.5, 0.6) is 0 Å². The molecule has 4 nitrogen and oxygen atoms in total. The summed E-state index contributed by atoms with van der Waals surface area (Å²) in [5.41, 5.74) is 0.428. The summed E-state index contributed by atoms with van der Waals surface area (Å²) in [5.74, 6) is 6.60. The summed E-state index contributed by atoms with van der Waals surface area (Å²) in [6.07, 6.45) is 0. The Hall–Kier alpha value is -1.88. The maximum Gasteiger partial charge on any atom is 0.207 e. The van der Waals surface area contributed by atoms with Crippen molar-refractivity contribution >= 4 is 23.1 Å². The molecule has 0 radical (unpaired) electrons. The number of nitrogens with two attached hydrogens (primary N) is 1. The van der Waals surface area contributed by atoms with E-state index in [1.165, 1.54) is 5.01 Å². The number of fused-ring (bicyclic) bond motifs is 1. The standard InChI is InChI=1S/C15H14ClN3O/c1-10-18-14-8-7-12(16)9-13(14)15(20,19(10)17)11-5-3-2-4-6-11/h2-9,20H,17H2,1H3/t15-/m0/s1. The van der Waals surface area contributed by atoms with Crippen molar-refractivity contribution in [3.8, 4) is 0 Å². The van der Waals surface area contributed by atoms with Gasteiger partial charge in [0.15, 0.2) is 0 Å². The number of nitrogens with zero attached hydrogens (tertiary/aromatic N) is 2. The van der Waals surface area contributed by atoms with Crippen LogP contribution in [0.4, 0.5) is 5.69 Å². The van der Waals surface area contributed by atoms with Crippen LogP contribution in [0, 0.1) is 0 Å². The third-order valence-electron chi connectivity index (χ3n) is 3.49. The third-order valence-corrected chi connectivity index (χ3v) is 3.73. The average molecular weight is 288 g/mol. The number of rotatable bonds is 1. The van der Waals surface area contributed by atoms with Gasteiger partial charge in [-0.3, -0.25) is 5.01 Å². The van der Waals surface area contributed by atoms with E-state index in [1.807, 2.05) is 30.3 Å². The first-order chi connectivity index (χ1) is 9.53. The van der Waals surface area contributed by atoms with Gasteiger partial charge in [-0.05, 0) is 25.1 Å². The van der Waals surface area contributed by atoms with Gasteiger partial charge in [-0.15, -0.1) is 0 Å². The molecular weight excluding hydrogens is 274 g/mol. The van der Waals surface area contributed by atoms with E-state index in [0.29, 0.717) is 27.7 Å². The quantitative estimate of drug-likeness (QED) is 0.793. The van der Waals surface area contributed by atoms with Crippen LogP contribution < -0.4 is 5.84 Å². The summed E-state index contributed by atoms with van der Waals surface area (Å²) in [4.78, 5) is 4.39. The van der Waals surface area contributed by atoms with Crippen molar-refractivity contribution in [3.05, 3.63) is 64.7 Å². The first kappa shape index (κ1) is 13.1. The smallest absolute Gasteiger partial charge is 0.207 e. The highest BCUT2D eigenvalue weighted by Gasteiger charge is 2.42. The average Bonchev–Trinajstić information content (AvgIpc) is 2.47. The summed E-state index contributed by atoms with van der Waals surface area (Å²) in [7, 11) is 0. The predicted molar refractivity (Wildman–Crippen MR) is 79.7 cm³/mol. The van der Waals surface area contributed by atoms with Crippen LogP contribution in [0.15, 0.2) is 53.5 Å². The van der Waals surface area contributed by atoms with Gasteiger partial charge in [0.1, 0.15) is 5.84 Å². The van der Waals surface area contributed by atoms with E-state index in [1.54, 1.807) is 25.1 Å². The van der Waals surface area contributed by atoms with Gasteiger partial charge in [0.25, 0.3) is 0 Å². The molecule has 1 aliphatic heterocycles. The summed E-state index contributed by atoms with van der Waals surface area (Å²) in [6, 6.07) is 14.5. The monoisotopic (exact) mass is 287 g/mol. The molecule has 1 aliphatic rings. The number of aliphatic hydroxyl groups is 1. The van der Waals surface area contributed by atoms with Crippen LogP contribution in [0.3, 0.4) is 0 Å².